The van der Waals surface area contributed by atoms with Crippen LogP contribution in [-0.2, 0) is 6.54 Å². The predicted molar refractivity (Wildman–Crippen MR) is 126 cm³/mol. The second kappa shape index (κ2) is 10.7. The van der Waals surface area contributed by atoms with Gasteiger partial charge in [-0.3, -0.25) is 15.1 Å². The summed E-state index contributed by atoms with van der Waals surface area (Å²) in [5.74, 6) is 0.687. The first-order valence-corrected chi connectivity index (χ1v) is 10.7. The van der Waals surface area contributed by atoms with Crippen LogP contribution >= 0.6 is 15.9 Å². The van der Waals surface area contributed by atoms with E-state index < -0.39 is 0 Å². The van der Waals surface area contributed by atoms with E-state index in [9.17, 15) is 4.79 Å². The van der Waals surface area contributed by atoms with Gasteiger partial charge in [-0.25, -0.2) is 4.99 Å². The Morgan fingerprint density at radius 2 is 1.70 bits per heavy atom. The average Bonchev–Trinajstić information content (AvgIpc) is 2.78. The van der Waals surface area contributed by atoms with Crippen molar-refractivity contribution in [2.24, 2.45) is 4.99 Å². The number of pyridine rings is 1. The van der Waals surface area contributed by atoms with Crippen LogP contribution in [0.15, 0.2) is 82.5 Å². The minimum absolute atomic E-state index is 0.222. The van der Waals surface area contributed by atoms with E-state index in [0.29, 0.717) is 24.0 Å². The maximum Gasteiger partial charge on any atom is 0.257 e. The third kappa shape index (κ3) is 6.26. The van der Waals surface area contributed by atoms with E-state index in [2.05, 4.69) is 62.5 Å². The number of aromatic nitrogens is 1. The van der Waals surface area contributed by atoms with Gasteiger partial charge >= 0.3 is 0 Å². The lowest BCUT2D eigenvalue weighted by molar-refractivity contribution is 0.0977. The van der Waals surface area contributed by atoms with E-state index >= 15 is 0 Å². The van der Waals surface area contributed by atoms with Crippen LogP contribution in [0.3, 0.4) is 0 Å². The van der Waals surface area contributed by atoms with Gasteiger partial charge in [0.2, 0.25) is 5.96 Å². The number of benzene rings is 2. The van der Waals surface area contributed by atoms with Gasteiger partial charge in [-0.15, -0.1) is 0 Å². The molecule has 0 saturated carbocycles. The molecule has 1 heterocycles. The molecule has 0 spiro atoms. The monoisotopic (exact) mass is 464 g/mol. The summed E-state index contributed by atoms with van der Waals surface area (Å²) in [6.45, 7) is 4.82. The Kier molecular flexibility index (Phi) is 7.74. The fraction of sp³-hybridized carbons (Fsp3) is 0.208. The first-order chi connectivity index (χ1) is 14.5. The van der Waals surface area contributed by atoms with Gasteiger partial charge in [0.05, 0.1) is 6.54 Å². The molecule has 1 atom stereocenters. The van der Waals surface area contributed by atoms with Crippen LogP contribution in [0.2, 0.25) is 0 Å². The second-order valence-corrected chi connectivity index (χ2v) is 7.95. The standard InChI is InChI=1S/C24H25BrN4O/c1-3-17(2)19-6-10-22(11-7-19)28-24(27-16-18-12-14-26-15-13-18)29-23(30)20-4-8-21(25)9-5-20/h4-15,17H,3,16H2,1-2H3,(H2,27,28,29,30)/t17-/m1/s1. The molecule has 1 aromatic heterocycles. The third-order valence-corrected chi connectivity index (χ3v) is 5.39. The molecule has 0 saturated heterocycles. The highest BCUT2D eigenvalue weighted by Gasteiger charge is 2.10. The molecule has 1 amide bonds. The van der Waals surface area contributed by atoms with Crippen LogP contribution in [0, 0.1) is 0 Å². The lowest BCUT2D eigenvalue weighted by Crippen LogP contribution is -2.36. The van der Waals surface area contributed by atoms with Crippen LogP contribution < -0.4 is 10.6 Å². The van der Waals surface area contributed by atoms with E-state index in [1.807, 2.05) is 36.4 Å². The molecule has 0 aliphatic carbocycles. The third-order valence-electron chi connectivity index (χ3n) is 4.86. The SMILES string of the molecule is CC[C@@H](C)c1ccc(NC(=NCc2ccncc2)NC(=O)c2ccc(Br)cc2)cc1. The molecule has 3 aromatic rings. The summed E-state index contributed by atoms with van der Waals surface area (Å²) < 4.78 is 0.921. The van der Waals surface area contributed by atoms with Crippen molar-refractivity contribution in [2.75, 3.05) is 5.32 Å². The molecule has 3 rings (SSSR count). The summed E-state index contributed by atoms with van der Waals surface area (Å²) in [7, 11) is 0. The van der Waals surface area contributed by atoms with E-state index in [-0.39, 0.29) is 5.91 Å². The van der Waals surface area contributed by atoms with Gasteiger partial charge in [-0.1, -0.05) is 41.9 Å². The first-order valence-electron chi connectivity index (χ1n) is 9.92. The van der Waals surface area contributed by atoms with E-state index in [1.54, 1.807) is 24.5 Å². The predicted octanol–water partition coefficient (Wildman–Crippen LogP) is 5.76. The first kappa shape index (κ1) is 21.7. The summed E-state index contributed by atoms with van der Waals surface area (Å²) in [6.07, 6.45) is 4.55. The molecular weight excluding hydrogens is 440 g/mol. The second-order valence-electron chi connectivity index (χ2n) is 7.04. The number of aliphatic imine (C=N–C) groups is 1. The Labute approximate surface area is 185 Å². The van der Waals surface area contributed by atoms with Gasteiger partial charge < -0.3 is 5.32 Å². The Morgan fingerprint density at radius 1 is 1.03 bits per heavy atom. The number of rotatable bonds is 6. The molecule has 30 heavy (non-hydrogen) atoms. The zero-order valence-corrected chi connectivity index (χ0v) is 18.7. The van der Waals surface area contributed by atoms with Crippen molar-refractivity contribution in [3.8, 4) is 0 Å². The Balaban J connectivity index is 1.78. The van der Waals surface area contributed by atoms with Crippen LogP contribution in [-0.4, -0.2) is 16.9 Å². The number of hydrogen-bond donors (Lipinski definition) is 2. The van der Waals surface area contributed by atoms with Gasteiger partial charge in [0.25, 0.3) is 5.91 Å². The van der Waals surface area contributed by atoms with Crippen LogP contribution in [0.25, 0.3) is 0 Å². The average molecular weight is 465 g/mol. The van der Waals surface area contributed by atoms with Crippen LogP contribution in [0.4, 0.5) is 5.69 Å². The molecule has 0 aliphatic heterocycles. The molecule has 0 unspecified atom stereocenters. The molecule has 2 aromatic carbocycles. The van der Waals surface area contributed by atoms with Crippen molar-refractivity contribution in [3.05, 3.63) is 94.2 Å². The van der Waals surface area contributed by atoms with Crippen molar-refractivity contribution in [1.29, 1.82) is 0 Å². The Bertz CT molecular complexity index is 986. The van der Waals surface area contributed by atoms with Crippen molar-refractivity contribution in [3.63, 3.8) is 0 Å². The molecule has 0 bridgehead atoms. The molecule has 0 aliphatic rings. The summed E-state index contributed by atoms with van der Waals surface area (Å²) in [5.41, 5.74) is 3.72. The molecule has 5 nitrogen and oxygen atoms in total. The molecule has 2 N–H and O–H groups in total. The van der Waals surface area contributed by atoms with Crippen molar-refractivity contribution in [1.82, 2.24) is 10.3 Å². The summed E-state index contributed by atoms with van der Waals surface area (Å²) in [6, 6.07) is 19.2. The number of anilines is 1. The number of guanidine groups is 1. The number of carbonyl (C=O) groups is 1. The van der Waals surface area contributed by atoms with Crippen molar-refractivity contribution >= 4 is 33.5 Å². The number of nitrogens with one attached hydrogen (secondary N) is 2. The smallest absolute Gasteiger partial charge is 0.257 e. The van der Waals surface area contributed by atoms with E-state index in [4.69, 9.17) is 0 Å². The van der Waals surface area contributed by atoms with Crippen LogP contribution in [0.5, 0.6) is 0 Å². The number of nitrogens with zero attached hydrogens (tertiary/aromatic N) is 2. The van der Waals surface area contributed by atoms with Gasteiger partial charge in [-0.05, 0) is 72.0 Å². The fourth-order valence-electron chi connectivity index (χ4n) is 2.82. The highest BCUT2D eigenvalue weighted by molar-refractivity contribution is 9.10. The Hall–Kier alpha value is -2.99. The zero-order chi connectivity index (χ0) is 21.3. The molecule has 6 heteroatoms. The molecule has 154 valence electrons. The number of hydrogen-bond acceptors (Lipinski definition) is 3. The van der Waals surface area contributed by atoms with Crippen molar-refractivity contribution < 1.29 is 4.79 Å². The number of amides is 1. The van der Waals surface area contributed by atoms with Crippen LogP contribution in [0.1, 0.15) is 47.7 Å². The minimum atomic E-state index is -0.222. The summed E-state index contributed by atoms with van der Waals surface area (Å²) in [5, 5.41) is 6.13. The largest absolute Gasteiger partial charge is 0.326 e. The zero-order valence-electron chi connectivity index (χ0n) is 17.1. The maximum atomic E-state index is 12.7. The fourth-order valence-corrected chi connectivity index (χ4v) is 3.08. The van der Waals surface area contributed by atoms with Gasteiger partial charge in [0, 0.05) is 28.1 Å². The Morgan fingerprint density at radius 3 is 2.33 bits per heavy atom. The van der Waals surface area contributed by atoms with Crippen molar-refractivity contribution in [2.45, 2.75) is 32.7 Å². The highest BCUT2D eigenvalue weighted by atomic mass is 79.9. The molecule has 0 radical (unpaired) electrons. The van der Waals surface area contributed by atoms with E-state index in [0.717, 1.165) is 22.1 Å². The lowest BCUT2D eigenvalue weighted by Gasteiger charge is -2.14. The summed E-state index contributed by atoms with van der Waals surface area (Å²) >= 11 is 3.39. The number of carbonyl (C=O) groups excluding carboxylic acids is 1. The maximum absolute atomic E-state index is 12.7. The highest BCUT2D eigenvalue weighted by Crippen LogP contribution is 2.20. The summed E-state index contributed by atoms with van der Waals surface area (Å²) in [4.78, 5) is 21.3. The van der Waals surface area contributed by atoms with E-state index in [1.165, 1.54) is 5.56 Å². The van der Waals surface area contributed by atoms with Gasteiger partial charge in [-0.2, -0.15) is 0 Å². The lowest BCUT2D eigenvalue weighted by atomic mass is 9.99. The number of halogens is 1. The van der Waals surface area contributed by atoms with Gasteiger partial charge in [0.15, 0.2) is 0 Å². The minimum Gasteiger partial charge on any atom is -0.326 e. The van der Waals surface area contributed by atoms with Gasteiger partial charge in [0.1, 0.15) is 0 Å². The molecule has 0 fully saturated rings. The normalized spacial score (nSPS) is 12.3. The topological polar surface area (TPSA) is 66.4 Å². The molecular formula is C24H25BrN4O. The quantitative estimate of drug-likeness (QED) is 0.360.